The minimum Gasteiger partial charge on any atom is -0.465 e. The van der Waals surface area contributed by atoms with Crippen molar-refractivity contribution in [2.45, 2.75) is 37.2 Å². The number of nitrogens with zero attached hydrogens (tertiary/aromatic N) is 2. The van der Waals surface area contributed by atoms with Crippen LogP contribution < -0.4 is 5.56 Å². The number of fused-ring (bicyclic) bond motifs is 3. The zero-order chi connectivity index (χ0) is 18.7. The molecule has 7 heteroatoms. The van der Waals surface area contributed by atoms with Crippen LogP contribution in [0, 0.1) is 0 Å². The average Bonchev–Trinajstić information content (AvgIpc) is 3.01. The molecule has 0 aliphatic rings. The molecule has 0 aliphatic heterocycles. The molecule has 0 fully saturated rings. The van der Waals surface area contributed by atoms with E-state index >= 15 is 0 Å². The molecule has 2 heterocycles. The van der Waals surface area contributed by atoms with Gasteiger partial charge in [0.1, 0.15) is 16.3 Å². The van der Waals surface area contributed by atoms with Crippen LogP contribution in [0.15, 0.2) is 46.9 Å². The Bertz CT molecular complexity index is 1020. The van der Waals surface area contributed by atoms with Crippen molar-refractivity contribution in [3.63, 3.8) is 0 Å². The molecular formula is C19H21N3O3S. The van der Waals surface area contributed by atoms with E-state index in [1.54, 1.807) is 13.0 Å². The average molecular weight is 371 g/mol. The molecule has 26 heavy (non-hydrogen) atoms. The number of hydrogen-bond donors (Lipinski definition) is 1. The first-order valence-electron chi connectivity index (χ1n) is 8.56. The zero-order valence-corrected chi connectivity index (χ0v) is 15.6. The number of carbonyl (C=O) groups excluding carboxylic acids is 1. The molecule has 0 unspecified atom stereocenters. The molecule has 0 saturated heterocycles. The summed E-state index contributed by atoms with van der Waals surface area (Å²) in [5.74, 6) is -0.293. The van der Waals surface area contributed by atoms with Crippen molar-refractivity contribution in [2.75, 3.05) is 6.61 Å². The van der Waals surface area contributed by atoms with Crippen molar-refractivity contribution < 1.29 is 9.53 Å². The van der Waals surface area contributed by atoms with E-state index in [0.29, 0.717) is 35.8 Å². The second kappa shape index (κ2) is 7.78. The zero-order valence-electron chi connectivity index (χ0n) is 14.8. The summed E-state index contributed by atoms with van der Waals surface area (Å²) in [6.07, 6.45) is 2.23. The molecule has 2 aromatic heterocycles. The predicted molar refractivity (Wildman–Crippen MR) is 105 cm³/mol. The summed E-state index contributed by atoms with van der Waals surface area (Å²) < 4.78 is 6.68. The number of nitrogens with one attached hydrogen (secondary N) is 1. The highest BCUT2D eigenvalue weighted by molar-refractivity contribution is 8.00. The fraction of sp³-hybridized carbons (Fsp3) is 0.316. The summed E-state index contributed by atoms with van der Waals surface area (Å²) in [5, 5.41) is 0.962. The number of allylic oxidation sites excluding steroid dienone is 1. The molecule has 0 bridgehead atoms. The van der Waals surface area contributed by atoms with E-state index in [1.165, 1.54) is 16.3 Å². The molecule has 0 radical (unpaired) electrons. The van der Waals surface area contributed by atoms with Gasteiger partial charge in [0, 0.05) is 17.4 Å². The fourth-order valence-electron chi connectivity index (χ4n) is 2.82. The SMILES string of the molecule is C=CCn1c(S[C@@H](CC)C(=O)OCC)nc2c([nH]c3ccccc32)c1=O. The van der Waals surface area contributed by atoms with Crippen LogP contribution in [0.5, 0.6) is 0 Å². The number of aromatic nitrogens is 3. The van der Waals surface area contributed by atoms with Gasteiger partial charge in [0.15, 0.2) is 5.16 Å². The van der Waals surface area contributed by atoms with Gasteiger partial charge in [0.05, 0.1) is 6.61 Å². The quantitative estimate of drug-likeness (QED) is 0.298. The van der Waals surface area contributed by atoms with Gasteiger partial charge in [-0.05, 0) is 19.4 Å². The molecule has 0 aliphatic carbocycles. The Labute approximate surface area is 155 Å². The van der Waals surface area contributed by atoms with Gasteiger partial charge in [-0.1, -0.05) is 43.0 Å². The molecule has 0 amide bonds. The number of H-pyrrole nitrogens is 1. The Balaban J connectivity index is 2.17. The molecule has 3 rings (SSSR count). The van der Waals surface area contributed by atoms with Crippen LogP contribution in [0.2, 0.25) is 0 Å². The van der Waals surface area contributed by atoms with Crippen LogP contribution >= 0.6 is 11.8 Å². The van der Waals surface area contributed by atoms with Crippen LogP contribution in [0.4, 0.5) is 0 Å². The minimum atomic E-state index is -0.416. The van der Waals surface area contributed by atoms with Gasteiger partial charge >= 0.3 is 5.97 Å². The molecule has 1 N–H and O–H groups in total. The van der Waals surface area contributed by atoms with Crippen LogP contribution in [0.25, 0.3) is 21.9 Å². The van der Waals surface area contributed by atoms with Gasteiger partial charge in [-0.2, -0.15) is 0 Å². The van der Waals surface area contributed by atoms with E-state index < -0.39 is 5.25 Å². The number of para-hydroxylation sites is 1. The third-order valence-corrected chi connectivity index (χ3v) is 5.39. The second-order valence-electron chi connectivity index (χ2n) is 5.76. The first kappa shape index (κ1) is 18.3. The van der Waals surface area contributed by atoms with E-state index in [9.17, 15) is 9.59 Å². The van der Waals surface area contributed by atoms with Gasteiger partial charge < -0.3 is 9.72 Å². The van der Waals surface area contributed by atoms with E-state index in [2.05, 4.69) is 11.6 Å². The van der Waals surface area contributed by atoms with Gasteiger partial charge in [-0.3, -0.25) is 14.2 Å². The highest BCUT2D eigenvalue weighted by atomic mass is 32.2. The number of thioether (sulfide) groups is 1. The van der Waals surface area contributed by atoms with Crippen molar-refractivity contribution in [3.8, 4) is 0 Å². The largest absolute Gasteiger partial charge is 0.465 e. The summed E-state index contributed by atoms with van der Waals surface area (Å²) >= 11 is 1.26. The first-order chi connectivity index (χ1) is 12.6. The van der Waals surface area contributed by atoms with Crippen LogP contribution in [0.3, 0.4) is 0 Å². The van der Waals surface area contributed by atoms with Gasteiger partial charge in [-0.25, -0.2) is 4.98 Å². The summed E-state index contributed by atoms with van der Waals surface area (Å²) in [6.45, 7) is 8.06. The molecule has 6 nitrogen and oxygen atoms in total. The van der Waals surface area contributed by atoms with Gasteiger partial charge in [0.25, 0.3) is 5.56 Å². The summed E-state index contributed by atoms with van der Waals surface area (Å²) in [5.41, 5.74) is 1.76. The Kier molecular flexibility index (Phi) is 5.46. The lowest BCUT2D eigenvalue weighted by Crippen LogP contribution is -2.26. The Morgan fingerprint density at radius 2 is 2.19 bits per heavy atom. The lowest BCUT2D eigenvalue weighted by Gasteiger charge is -2.15. The minimum absolute atomic E-state index is 0.174. The molecule has 136 valence electrons. The Morgan fingerprint density at radius 3 is 2.88 bits per heavy atom. The number of benzene rings is 1. The van der Waals surface area contributed by atoms with Gasteiger partial charge in [-0.15, -0.1) is 6.58 Å². The first-order valence-corrected chi connectivity index (χ1v) is 9.44. The molecular weight excluding hydrogens is 350 g/mol. The topological polar surface area (TPSA) is 77.0 Å². The standard InChI is InChI=1S/C19H21N3O3S/c1-4-11-22-17(23)16-15(12-9-7-8-10-13(12)20-16)21-19(22)26-14(5-2)18(24)25-6-3/h4,7-10,14,20H,1,5-6,11H2,2-3H3/t14-/m0/s1. The van der Waals surface area contributed by atoms with Crippen molar-refractivity contribution in [2.24, 2.45) is 0 Å². The van der Waals surface area contributed by atoms with Gasteiger partial charge in [0.2, 0.25) is 0 Å². The van der Waals surface area contributed by atoms with Crippen molar-refractivity contribution in [1.82, 2.24) is 14.5 Å². The molecule has 1 aromatic carbocycles. The third-order valence-electron chi connectivity index (χ3n) is 4.06. The normalized spacial score (nSPS) is 12.4. The molecule has 3 aromatic rings. The highest BCUT2D eigenvalue weighted by Crippen LogP contribution is 2.28. The lowest BCUT2D eigenvalue weighted by atomic mass is 10.2. The monoisotopic (exact) mass is 371 g/mol. The molecule has 0 spiro atoms. The maximum Gasteiger partial charge on any atom is 0.319 e. The summed E-state index contributed by atoms with van der Waals surface area (Å²) in [7, 11) is 0. The second-order valence-corrected chi connectivity index (χ2v) is 6.93. The van der Waals surface area contributed by atoms with Crippen LogP contribution in [-0.4, -0.2) is 32.4 Å². The number of ether oxygens (including phenoxy) is 1. The number of hydrogen-bond acceptors (Lipinski definition) is 5. The van der Waals surface area contributed by atoms with E-state index in [0.717, 1.165) is 10.9 Å². The summed E-state index contributed by atoms with van der Waals surface area (Å²) in [6, 6.07) is 7.65. The number of rotatable bonds is 7. The fourth-order valence-corrected chi connectivity index (χ4v) is 3.83. The third kappa shape index (κ3) is 3.26. The van der Waals surface area contributed by atoms with E-state index in [1.807, 2.05) is 31.2 Å². The van der Waals surface area contributed by atoms with E-state index in [-0.39, 0.29) is 11.5 Å². The van der Waals surface area contributed by atoms with Crippen molar-refractivity contribution in [3.05, 3.63) is 47.3 Å². The smallest absolute Gasteiger partial charge is 0.319 e. The maximum absolute atomic E-state index is 13.0. The number of esters is 1. The maximum atomic E-state index is 13.0. The number of carbonyl (C=O) groups is 1. The van der Waals surface area contributed by atoms with Crippen molar-refractivity contribution in [1.29, 1.82) is 0 Å². The lowest BCUT2D eigenvalue weighted by molar-refractivity contribution is -0.142. The molecule has 0 saturated carbocycles. The Hall–Kier alpha value is -2.54. The highest BCUT2D eigenvalue weighted by Gasteiger charge is 2.23. The van der Waals surface area contributed by atoms with Crippen molar-refractivity contribution >= 4 is 39.7 Å². The van der Waals surface area contributed by atoms with E-state index in [4.69, 9.17) is 9.72 Å². The molecule has 1 atom stereocenters. The Morgan fingerprint density at radius 1 is 1.42 bits per heavy atom. The van der Waals surface area contributed by atoms with Crippen LogP contribution in [-0.2, 0) is 16.1 Å². The van der Waals surface area contributed by atoms with Crippen LogP contribution in [0.1, 0.15) is 20.3 Å². The number of aromatic amines is 1. The summed E-state index contributed by atoms with van der Waals surface area (Å²) in [4.78, 5) is 33.0. The predicted octanol–water partition coefficient (Wildman–Crippen LogP) is 3.50.